The summed E-state index contributed by atoms with van der Waals surface area (Å²) in [4.78, 5) is 0. The Morgan fingerprint density at radius 3 is 2.31 bits per heavy atom. The van der Waals surface area contributed by atoms with Crippen molar-refractivity contribution in [3.8, 4) is 16.9 Å². The zero-order chi connectivity index (χ0) is 11.7. The summed E-state index contributed by atoms with van der Waals surface area (Å²) in [6.45, 7) is 3.75. The zero-order valence-electron chi connectivity index (χ0n) is 9.29. The van der Waals surface area contributed by atoms with E-state index in [9.17, 15) is 9.50 Å². The minimum absolute atomic E-state index is 0.237. The van der Waals surface area contributed by atoms with E-state index >= 15 is 0 Å². The minimum atomic E-state index is -0.263. The molecule has 0 radical (unpaired) electrons. The highest BCUT2D eigenvalue weighted by Gasteiger charge is 2.05. The van der Waals surface area contributed by atoms with E-state index < -0.39 is 0 Å². The molecule has 2 heteroatoms. The molecule has 0 fully saturated rings. The maximum Gasteiger partial charge on any atom is 0.123 e. The zero-order valence-corrected chi connectivity index (χ0v) is 9.29. The van der Waals surface area contributed by atoms with Crippen molar-refractivity contribution in [1.82, 2.24) is 0 Å². The highest BCUT2D eigenvalue weighted by atomic mass is 19.1. The Hall–Kier alpha value is -1.83. The van der Waals surface area contributed by atoms with Crippen LogP contribution in [0, 0.1) is 19.7 Å². The van der Waals surface area contributed by atoms with Gasteiger partial charge in [-0.25, -0.2) is 4.39 Å². The van der Waals surface area contributed by atoms with Gasteiger partial charge >= 0.3 is 0 Å². The second kappa shape index (κ2) is 3.97. The van der Waals surface area contributed by atoms with E-state index in [1.54, 1.807) is 12.1 Å². The van der Waals surface area contributed by atoms with Gasteiger partial charge in [-0.05, 0) is 54.3 Å². The molecular formula is C14H13FO. The standard InChI is InChI=1S/C14H13FO/c1-9-4-6-12(15)8-13(9)11-5-3-10(2)14(16)7-11/h3-8,16H,1-2H3. The quantitative estimate of drug-likeness (QED) is 0.768. The van der Waals surface area contributed by atoms with Crippen molar-refractivity contribution >= 4 is 0 Å². The molecule has 0 aliphatic heterocycles. The number of phenols is 1. The van der Waals surface area contributed by atoms with E-state index in [-0.39, 0.29) is 11.6 Å². The monoisotopic (exact) mass is 216 g/mol. The Kier molecular flexibility index (Phi) is 2.65. The highest BCUT2D eigenvalue weighted by molar-refractivity contribution is 5.69. The van der Waals surface area contributed by atoms with Gasteiger partial charge in [0, 0.05) is 0 Å². The molecule has 16 heavy (non-hydrogen) atoms. The Morgan fingerprint density at radius 1 is 0.938 bits per heavy atom. The number of benzene rings is 2. The van der Waals surface area contributed by atoms with Gasteiger partial charge in [-0.1, -0.05) is 18.2 Å². The Balaban J connectivity index is 2.58. The molecular weight excluding hydrogens is 203 g/mol. The molecule has 0 bridgehead atoms. The summed E-state index contributed by atoms with van der Waals surface area (Å²) in [7, 11) is 0. The molecule has 0 aliphatic rings. The fourth-order valence-corrected chi connectivity index (χ4v) is 1.68. The van der Waals surface area contributed by atoms with Crippen LogP contribution in [0.2, 0.25) is 0 Å². The summed E-state index contributed by atoms with van der Waals surface area (Å²) in [6.07, 6.45) is 0. The first-order valence-corrected chi connectivity index (χ1v) is 5.14. The summed E-state index contributed by atoms with van der Waals surface area (Å²) >= 11 is 0. The summed E-state index contributed by atoms with van der Waals surface area (Å²) in [6, 6.07) is 10.0. The van der Waals surface area contributed by atoms with Crippen LogP contribution >= 0.6 is 0 Å². The van der Waals surface area contributed by atoms with Crippen molar-refractivity contribution in [2.24, 2.45) is 0 Å². The smallest absolute Gasteiger partial charge is 0.123 e. The molecule has 0 heterocycles. The van der Waals surface area contributed by atoms with Gasteiger partial charge in [0.15, 0.2) is 0 Å². The number of aryl methyl sites for hydroxylation is 2. The molecule has 0 aliphatic carbocycles. The van der Waals surface area contributed by atoms with Crippen LogP contribution in [0.4, 0.5) is 4.39 Å². The molecule has 2 aromatic rings. The topological polar surface area (TPSA) is 20.2 Å². The van der Waals surface area contributed by atoms with Crippen LogP contribution < -0.4 is 0 Å². The molecule has 1 nitrogen and oxygen atoms in total. The van der Waals surface area contributed by atoms with E-state index in [0.29, 0.717) is 0 Å². The summed E-state index contributed by atoms with van der Waals surface area (Å²) in [5.41, 5.74) is 3.46. The lowest BCUT2D eigenvalue weighted by Gasteiger charge is -2.08. The number of hydrogen-bond donors (Lipinski definition) is 1. The van der Waals surface area contributed by atoms with Gasteiger partial charge in [0.2, 0.25) is 0 Å². The summed E-state index contributed by atoms with van der Waals surface area (Å²) in [5.74, 6) is -0.0261. The van der Waals surface area contributed by atoms with Gasteiger partial charge in [-0.15, -0.1) is 0 Å². The first-order valence-electron chi connectivity index (χ1n) is 5.14. The van der Waals surface area contributed by atoms with Gasteiger partial charge in [0.25, 0.3) is 0 Å². The summed E-state index contributed by atoms with van der Waals surface area (Å²) < 4.78 is 13.2. The predicted octanol–water partition coefficient (Wildman–Crippen LogP) is 3.82. The molecule has 0 amide bonds. The van der Waals surface area contributed by atoms with Crippen LogP contribution in [-0.4, -0.2) is 5.11 Å². The Morgan fingerprint density at radius 2 is 1.62 bits per heavy atom. The van der Waals surface area contributed by atoms with Gasteiger partial charge in [-0.3, -0.25) is 0 Å². The lowest BCUT2D eigenvalue weighted by atomic mass is 9.99. The van der Waals surface area contributed by atoms with Crippen molar-refractivity contribution in [2.45, 2.75) is 13.8 Å². The van der Waals surface area contributed by atoms with Crippen molar-refractivity contribution < 1.29 is 9.50 Å². The van der Waals surface area contributed by atoms with Gasteiger partial charge < -0.3 is 5.11 Å². The van der Waals surface area contributed by atoms with Gasteiger partial charge in [0.05, 0.1) is 0 Å². The highest BCUT2D eigenvalue weighted by Crippen LogP contribution is 2.28. The fourth-order valence-electron chi connectivity index (χ4n) is 1.68. The van der Waals surface area contributed by atoms with E-state index in [1.807, 2.05) is 26.0 Å². The number of rotatable bonds is 1. The number of aromatic hydroxyl groups is 1. The van der Waals surface area contributed by atoms with Gasteiger partial charge in [0.1, 0.15) is 11.6 Å². The first-order chi connectivity index (χ1) is 7.58. The SMILES string of the molecule is Cc1ccc(-c2cc(F)ccc2C)cc1O. The first kappa shape index (κ1) is 10.7. The third-order valence-corrected chi connectivity index (χ3v) is 2.72. The number of phenolic OH excluding ortho intramolecular Hbond substituents is 1. The number of halogens is 1. The van der Waals surface area contributed by atoms with Crippen LogP contribution in [0.1, 0.15) is 11.1 Å². The van der Waals surface area contributed by atoms with Crippen molar-refractivity contribution in [3.63, 3.8) is 0 Å². The molecule has 2 aromatic carbocycles. The van der Waals surface area contributed by atoms with Crippen molar-refractivity contribution in [1.29, 1.82) is 0 Å². The van der Waals surface area contributed by atoms with Crippen LogP contribution in [0.25, 0.3) is 11.1 Å². The van der Waals surface area contributed by atoms with E-state index in [2.05, 4.69) is 0 Å². The summed E-state index contributed by atoms with van der Waals surface area (Å²) in [5, 5.41) is 9.63. The lowest BCUT2D eigenvalue weighted by molar-refractivity contribution is 0.471. The Labute approximate surface area is 94.2 Å². The average Bonchev–Trinajstić information content (AvgIpc) is 2.26. The third kappa shape index (κ3) is 1.91. The van der Waals surface area contributed by atoms with Crippen LogP contribution in [0.15, 0.2) is 36.4 Å². The molecule has 2 rings (SSSR count). The molecule has 0 aromatic heterocycles. The Bertz CT molecular complexity index is 532. The second-order valence-electron chi connectivity index (χ2n) is 3.96. The van der Waals surface area contributed by atoms with Crippen LogP contribution in [-0.2, 0) is 0 Å². The minimum Gasteiger partial charge on any atom is -0.508 e. The van der Waals surface area contributed by atoms with Gasteiger partial charge in [-0.2, -0.15) is 0 Å². The third-order valence-electron chi connectivity index (χ3n) is 2.72. The largest absolute Gasteiger partial charge is 0.508 e. The lowest BCUT2D eigenvalue weighted by Crippen LogP contribution is -1.86. The molecule has 0 unspecified atom stereocenters. The number of hydrogen-bond acceptors (Lipinski definition) is 1. The average molecular weight is 216 g/mol. The molecule has 1 N–H and O–H groups in total. The molecule has 0 saturated heterocycles. The molecule has 82 valence electrons. The predicted molar refractivity (Wildman–Crippen MR) is 63.0 cm³/mol. The van der Waals surface area contributed by atoms with Crippen LogP contribution in [0.3, 0.4) is 0 Å². The normalized spacial score (nSPS) is 10.4. The van der Waals surface area contributed by atoms with Crippen LogP contribution in [0.5, 0.6) is 5.75 Å². The maximum absolute atomic E-state index is 13.2. The fraction of sp³-hybridized carbons (Fsp3) is 0.143. The van der Waals surface area contributed by atoms with Crippen molar-refractivity contribution in [3.05, 3.63) is 53.3 Å². The maximum atomic E-state index is 13.2. The van der Waals surface area contributed by atoms with E-state index in [4.69, 9.17) is 0 Å². The molecule has 0 saturated carbocycles. The molecule has 0 spiro atoms. The van der Waals surface area contributed by atoms with Crippen molar-refractivity contribution in [2.75, 3.05) is 0 Å². The second-order valence-corrected chi connectivity index (χ2v) is 3.96. The molecule has 0 atom stereocenters. The van der Waals surface area contributed by atoms with E-state index in [1.165, 1.54) is 12.1 Å². The van der Waals surface area contributed by atoms with E-state index in [0.717, 1.165) is 22.3 Å².